The second-order valence-corrected chi connectivity index (χ2v) is 5.55. The largest absolute Gasteiger partial charge is 0.373 e. The van der Waals surface area contributed by atoms with E-state index in [1.54, 1.807) is 11.3 Å². The second-order valence-electron chi connectivity index (χ2n) is 4.52. The molecular weight excluding hydrogens is 240 g/mol. The standard InChI is InChI=1S/C15H20N2S/c1-13-5-3-6-14(11-13)17(2)9-8-16-12-15-7-4-10-18-15/h3-7,10-11,16H,8-9,12H2,1-2H3. The van der Waals surface area contributed by atoms with Gasteiger partial charge in [-0.05, 0) is 36.1 Å². The van der Waals surface area contributed by atoms with E-state index >= 15 is 0 Å². The number of nitrogens with zero attached hydrogens (tertiary/aromatic N) is 1. The molecule has 2 aromatic rings. The van der Waals surface area contributed by atoms with Gasteiger partial charge in [0.1, 0.15) is 0 Å². The van der Waals surface area contributed by atoms with Gasteiger partial charge in [-0.3, -0.25) is 0 Å². The smallest absolute Gasteiger partial charge is 0.0366 e. The van der Waals surface area contributed by atoms with Crippen molar-refractivity contribution in [1.82, 2.24) is 5.32 Å². The summed E-state index contributed by atoms with van der Waals surface area (Å²) in [6.07, 6.45) is 0. The van der Waals surface area contributed by atoms with Crippen molar-refractivity contribution < 1.29 is 0 Å². The summed E-state index contributed by atoms with van der Waals surface area (Å²) in [4.78, 5) is 3.68. The van der Waals surface area contributed by atoms with Crippen LogP contribution in [-0.2, 0) is 6.54 Å². The molecule has 2 nitrogen and oxygen atoms in total. The highest BCUT2D eigenvalue weighted by Crippen LogP contribution is 2.13. The van der Waals surface area contributed by atoms with Gasteiger partial charge in [0.05, 0.1) is 0 Å². The van der Waals surface area contributed by atoms with Gasteiger partial charge in [-0.25, -0.2) is 0 Å². The fourth-order valence-electron chi connectivity index (χ4n) is 1.87. The van der Waals surface area contributed by atoms with E-state index in [-0.39, 0.29) is 0 Å². The van der Waals surface area contributed by atoms with Gasteiger partial charge in [-0.2, -0.15) is 0 Å². The first-order valence-corrected chi connectivity index (χ1v) is 7.14. The summed E-state index contributed by atoms with van der Waals surface area (Å²) in [5.41, 5.74) is 2.60. The van der Waals surface area contributed by atoms with Crippen LogP contribution in [0, 0.1) is 6.92 Å². The summed E-state index contributed by atoms with van der Waals surface area (Å²) in [5.74, 6) is 0. The van der Waals surface area contributed by atoms with Gasteiger partial charge >= 0.3 is 0 Å². The maximum absolute atomic E-state index is 3.47. The van der Waals surface area contributed by atoms with Crippen molar-refractivity contribution in [3.8, 4) is 0 Å². The van der Waals surface area contributed by atoms with Crippen molar-refractivity contribution in [2.75, 3.05) is 25.0 Å². The van der Waals surface area contributed by atoms with Gasteiger partial charge in [0, 0.05) is 37.2 Å². The highest BCUT2D eigenvalue weighted by atomic mass is 32.1. The lowest BCUT2D eigenvalue weighted by Gasteiger charge is -2.19. The van der Waals surface area contributed by atoms with E-state index in [9.17, 15) is 0 Å². The molecule has 2 rings (SSSR count). The number of likely N-dealkylation sites (N-methyl/N-ethyl adjacent to an activating group) is 1. The number of hydrogen-bond acceptors (Lipinski definition) is 3. The Balaban J connectivity index is 1.73. The molecule has 0 aliphatic rings. The van der Waals surface area contributed by atoms with Crippen LogP contribution in [0.2, 0.25) is 0 Å². The molecule has 0 saturated heterocycles. The Morgan fingerprint density at radius 3 is 2.83 bits per heavy atom. The fourth-order valence-corrected chi connectivity index (χ4v) is 2.54. The molecule has 0 fully saturated rings. The van der Waals surface area contributed by atoms with Crippen molar-refractivity contribution >= 4 is 17.0 Å². The first-order chi connectivity index (χ1) is 8.75. The van der Waals surface area contributed by atoms with E-state index in [1.807, 2.05) is 0 Å². The molecule has 0 aliphatic heterocycles. The Morgan fingerprint density at radius 2 is 2.11 bits per heavy atom. The minimum absolute atomic E-state index is 0.972. The Labute approximate surface area is 113 Å². The van der Waals surface area contributed by atoms with Crippen molar-refractivity contribution in [1.29, 1.82) is 0 Å². The van der Waals surface area contributed by atoms with E-state index in [0.29, 0.717) is 0 Å². The Bertz CT molecular complexity index is 465. The predicted molar refractivity (Wildman–Crippen MR) is 80.5 cm³/mol. The quantitative estimate of drug-likeness (QED) is 0.802. The van der Waals surface area contributed by atoms with Gasteiger partial charge in [-0.15, -0.1) is 11.3 Å². The zero-order chi connectivity index (χ0) is 12.8. The van der Waals surface area contributed by atoms with Crippen molar-refractivity contribution in [3.05, 3.63) is 52.2 Å². The molecule has 1 aromatic heterocycles. The van der Waals surface area contributed by atoms with E-state index in [2.05, 4.69) is 66.0 Å². The first-order valence-electron chi connectivity index (χ1n) is 6.26. The summed E-state index contributed by atoms with van der Waals surface area (Å²) in [5, 5.41) is 5.59. The van der Waals surface area contributed by atoms with Crippen molar-refractivity contribution in [2.24, 2.45) is 0 Å². The number of aryl methyl sites for hydroxylation is 1. The molecule has 0 bridgehead atoms. The van der Waals surface area contributed by atoms with Crippen LogP contribution in [0.25, 0.3) is 0 Å². The molecule has 18 heavy (non-hydrogen) atoms. The van der Waals surface area contributed by atoms with Crippen LogP contribution in [0.4, 0.5) is 5.69 Å². The van der Waals surface area contributed by atoms with Crippen LogP contribution in [0.1, 0.15) is 10.4 Å². The summed E-state index contributed by atoms with van der Waals surface area (Å²) >= 11 is 1.80. The molecule has 1 N–H and O–H groups in total. The van der Waals surface area contributed by atoms with Gasteiger partial charge in [0.15, 0.2) is 0 Å². The molecule has 0 spiro atoms. The molecule has 1 aromatic carbocycles. The SMILES string of the molecule is Cc1cccc(N(C)CCNCc2cccs2)c1. The van der Waals surface area contributed by atoms with Gasteiger partial charge in [0.25, 0.3) is 0 Å². The molecule has 3 heteroatoms. The van der Waals surface area contributed by atoms with Crippen LogP contribution < -0.4 is 10.2 Å². The topological polar surface area (TPSA) is 15.3 Å². The average molecular weight is 260 g/mol. The maximum Gasteiger partial charge on any atom is 0.0366 e. The molecule has 0 atom stereocenters. The Hall–Kier alpha value is -1.32. The molecule has 0 aliphatic carbocycles. The lowest BCUT2D eigenvalue weighted by Crippen LogP contribution is -2.28. The molecular formula is C15H20N2S. The van der Waals surface area contributed by atoms with Crippen molar-refractivity contribution in [3.63, 3.8) is 0 Å². The van der Waals surface area contributed by atoms with Crippen LogP contribution in [0.3, 0.4) is 0 Å². The molecule has 96 valence electrons. The minimum Gasteiger partial charge on any atom is -0.373 e. The second kappa shape index (κ2) is 6.57. The van der Waals surface area contributed by atoms with E-state index in [0.717, 1.165) is 19.6 Å². The minimum atomic E-state index is 0.972. The van der Waals surface area contributed by atoms with E-state index in [4.69, 9.17) is 0 Å². The monoisotopic (exact) mass is 260 g/mol. The zero-order valence-electron chi connectivity index (χ0n) is 11.0. The highest BCUT2D eigenvalue weighted by Gasteiger charge is 2.00. The van der Waals surface area contributed by atoms with Crippen LogP contribution in [0.15, 0.2) is 41.8 Å². The molecule has 0 unspecified atom stereocenters. The van der Waals surface area contributed by atoms with Crippen molar-refractivity contribution in [2.45, 2.75) is 13.5 Å². The lowest BCUT2D eigenvalue weighted by molar-refractivity contribution is 0.685. The zero-order valence-corrected chi connectivity index (χ0v) is 11.8. The first kappa shape index (κ1) is 13.1. The van der Waals surface area contributed by atoms with Gasteiger partial charge in [-0.1, -0.05) is 18.2 Å². The Morgan fingerprint density at radius 1 is 1.22 bits per heavy atom. The summed E-state index contributed by atoms with van der Waals surface area (Å²) < 4.78 is 0. The summed E-state index contributed by atoms with van der Waals surface area (Å²) in [6.45, 7) is 5.13. The number of thiophene rings is 1. The molecule has 0 radical (unpaired) electrons. The van der Waals surface area contributed by atoms with E-state index < -0.39 is 0 Å². The third-order valence-corrected chi connectivity index (χ3v) is 3.82. The molecule has 0 saturated carbocycles. The van der Waals surface area contributed by atoms with E-state index in [1.165, 1.54) is 16.1 Å². The average Bonchev–Trinajstić information content (AvgIpc) is 2.87. The van der Waals surface area contributed by atoms with Crippen LogP contribution >= 0.6 is 11.3 Å². The third kappa shape index (κ3) is 3.86. The number of nitrogens with one attached hydrogen (secondary N) is 1. The maximum atomic E-state index is 3.47. The third-order valence-electron chi connectivity index (χ3n) is 2.95. The van der Waals surface area contributed by atoms with Crippen LogP contribution in [0.5, 0.6) is 0 Å². The number of rotatable bonds is 6. The summed E-state index contributed by atoms with van der Waals surface area (Å²) in [7, 11) is 2.14. The number of hydrogen-bond donors (Lipinski definition) is 1. The lowest BCUT2D eigenvalue weighted by atomic mass is 10.2. The Kier molecular flexibility index (Phi) is 4.79. The van der Waals surface area contributed by atoms with Crippen LogP contribution in [-0.4, -0.2) is 20.1 Å². The van der Waals surface area contributed by atoms with Gasteiger partial charge in [0.2, 0.25) is 0 Å². The molecule has 0 amide bonds. The predicted octanol–water partition coefficient (Wildman–Crippen LogP) is 3.28. The highest BCUT2D eigenvalue weighted by molar-refractivity contribution is 7.09. The number of anilines is 1. The summed E-state index contributed by atoms with van der Waals surface area (Å²) in [6, 6.07) is 12.9. The number of benzene rings is 1. The normalized spacial score (nSPS) is 10.6. The fraction of sp³-hybridized carbons (Fsp3) is 0.333. The van der Waals surface area contributed by atoms with Gasteiger partial charge < -0.3 is 10.2 Å². The molecule has 1 heterocycles.